The van der Waals surface area contributed by atoms with Gasteiger partial charge in [-0.2, -0.15) is 0 Å². The normalized spacial score (nSPS) is 10.8. The molecule has 1 amide bonds. The summed E-state index contributed by atoms with van der Waals surface area (Å²) in [5.41, 5.74) is -0.382. The van der Waals surface area contributed by atoms with Crippen molar-refractivity contribution in [2.24, 2.45) is 0 Å². The standard InChI is InChI=1S/C13H13N3O4/c1-7(2)15-13(18)9-6-10(16(19)20)8-4-3-5-14-11(8)12(9)17/h3-7,17H,1-2H3,(H,15,18). The number of hydrogen-bond acceptors (Lipinski definition) is 5. The Kier molecular flexibility index (Phi) is 3.51. The Morgan fingerprint density at radius 1 is 1.50 bits per heavy atom. The zero-order valence-corrected chi connectivity index (χ0v) is 11.0. The number of carbonyl (C=O) groups is 1. The van der Waals surface area contributed by atoms with Gasteiger partial charge in [0.15, 0.2) is 5.75 Å². The third-order valence-electron chi connectivity index (χ3n) is 2.71. The van der Waals surface area contributed by atoms with Crippen molar-refractivity contribution in [3.8, 4) is 5.75 Å². The van der Waals surface area contributed by atoms with Crippen LogP contribution in [0, 0.1) is 10.1 Å². The lowest BCUT2D eigenvalue weighted by atomic mass is 10.1. The molecular formula is C13H13N3O4. The van der Waals surface area contributed by atoms with Gasteiger partial charge in [-0.05, 0) is 26.0 Å². The Balaban J connectivity index is 2.70. The third kappa shape index (κ3) is 2.37. The maximum atomic E-state index is 12.0. The minimum atomic E-state index is -0.602. The molecule has 0 saturated heterocycles. The first-order valence-corrected chi connectivity index (χ1v) is 5.97. The highest BCUT2D eigenvalue weighted by Gasteiger charge is 2.23. The minimum Gasteiger partial charge on any atom is -0.505 e. The van der Waals surface area contributed by atoms with Crippen molar-refractivity contribution in [3.63, 3.8) is 0 Å². The van der Waals surface area contributed by atoms with E-state index in [-0.39, 0.29) is 33.9 Å². The van der Waals surface area contributed by atoms with Crippen LogP contribution in [0.5, 0.6) is 5.75 Å². The highest BCUT2D eigenvalue weighted by molar-refractivity contribution is 6.05. The van der Waals surface area contributed by atoms with Gasteiger partial charge in [-0.3, -0.25) is 19.9 Å². The molecule has 0 radical (unpaired) electrons. The molecule has 0 saturated carbocycles. The van der Waals surface area contributed by atoms with E-state index in [0.29, 0.717) is 0 Å². The lowest BCUT2D eigenvalue weighted by Crippen LogP contribution is -2.30. The van der Waals surface area contributed by atoms with Gasteiger partial charge in [0.05, 0.1) is 15.9 Å². The molecule has 0 aliphatic rings. The summed E-state index contributed by atoms with van der Waals surface area (Å²) < 4.78 is 0. The number of phenols is 1. The molecule has 2 rings (SSSR count). The summed E-state index contributed by atoms with van der Waals surface area (Å²) in [5.74, 6) is -0.933. The summed E-state index contributed by atoms with van der Waals surface area (Å²) in [4.78, 5) is 26.4. The molecule has 7 nitrogen and oxygen atoms in total. The van der Waals surface area contributed by atoms with Crippen molar-refractivity contribution in [1.29, 1.82) is 0 Å². The second-order valence-corrected chi connectivity index (χ2v) is 4.58. The van der Waals surface area contributed by atoms with E-state index in [9.17, 15) is 20.0 Å². The number of rotatable bonds is 3. The average Bonchev–Trinajstić information content (AvgIpc) is 2.38. The van der Waals surface area contributed by atoms with Crippen LogP contribution in [0.25, 0.3) is 10.9 Å². The van der Waals surface area contributed by atoms with E-state index in [1.54, 1.807) is 13.8 Å². The number of fused-ring (bicyclic) bond motifs is 1. The van der Waals surface area contributed by atoms with Crippen LogP contribution in [-0.4, -0.2) is 27.0 Å². The van der Waals surface area contributed by atoms with E-state index in [2.05, 4.69) is 10.3 Å². The van der Waals surface area contributed by atoms with Gasteiger partial charge in [0, 0.05) is 18.3 Å². The molecule has 0 unspecified atom stereocenters. The van der Waals surface area contributed by atoms with Gasteiger partial charge in [-0.15, -0.1) is 0 Å². The van der Waals surface area contributed by atoms with Crippen molar-refractivity contribution >= 4 is 22.5 Å². The topological polar surface area (TPSA) is 105 Å². The summed E-state index contributed by atoms with van der Waals surface area (Å²) in [7, 11) is 0. The predicted molar refractivity (Wildman–Crippen MR) is 72.7 cm³/mol. The first-order chi connectivity index (χ1) is 9.41. The van der Waals surface area contributed by atoms with Crippen molar-refractivity contribution < 1.29 is 14.8 Å². The summed E-state index contributed by atoms with van der Waals surface area (Å²) >= 11 is 0. The zero-order valence-electron chi connectivity index (χ0n) is 11.0. The molecule has 1 heterocycles. The maximum Gasteiger partial charge on any atom is 0.279 e. The van der Waals surface area contributed by atoms with E-state index in [0.717, 1.165) is 6.07 Å². The number of benzene rings is 1. The number of pyridine rings is 1. The van der Waals surface area contributed by atoms with Crippen LogP contribution in [-0.2, 0) is 0 Å². The molecule has 20 heavy (non-hydrogen) atoms. The van der Waals surface area contributed by atoms with Crippen molar-refractivity contribution in [1.82, 2.24) is 10.3 Å². The molecule has 1 aromatic heterocycles. The van der Waals surface area contributed by atoms with Gasteiger partial charge in [-0.25, -0.2) is 0 Å². The van der Waals surface area contributed by atoms with Crippen molar-refractivity contribution in [2.45, 2.75) is 19.9 Å². The number of nitrogens with one attached hydrogen (secondary N) is 1. The molecule has 0 atom stereocenters. The second kappa shape index (κ2) is 5.12. The molecule has 0 bridgehead atoms. The van der Waals surface area contributed by atoms with Crippen LogP contribution in [0.2, 0.25) is 0 Å². The molecule has 1 aromatic carbocycles. The number of carbonyl (C=O) groups excluding carboxylic acids is 1. The minimum absolute atomic E-state index is 0.0376. The fourth-order valence-electron chi connectivity index (χ4n) is 1.88. The number of amides is 1. The molecule has 2 aromatic rings. The number of hydrogen-bond donors (Lipinski definition) is 2. The predicted octanol–water partition coefficient (Wildman–Crippen LogP) is 1.99. The van der Waals surface area contributed by atoms with E-state index in [1.807, 2.05) is 0 Å². The van der Waals surface area contributed by atoms with Crippen LogP contribution in [0.1, 0.15) is 24.2 Å². The number of nitrogens with zero attached hydrogens (tertiary/aromatic N) is 2. The van der Waals surface area contributed by atoms with Gasteiger partial charge in [0.25, 0.3) is 11.6 Å². The van der Waals surface area contributed by atoms with Crippen LogP contribution in [0.15, 0.2) is 24.4 Å². The molecule has 104 valence electrons. The largest absolute Gasteiger partial charge is 0.505 e. The summed E-state index contributed by atoms with van der Waals surface area (Å²) in [6.07, 6.45) is 1.40. The first-order valence-electron chi connectivity index (χ1n) is 5.97. The summed E-state index contributed by atoms with van der Waals surface area (Å²) in [5, 5.41) is 24.0. The third-order valence-corrected chi connectivity index (χ3v) is 2.71. The van der Waals surface area contributed by atoms with Crippen LogP contribution >= 0.6 is 0 Å². The van der Waals surface area contributed by atoms with Crippen LogP contribution in [0.4, 0.5) is 5.69 Å². The Bertz CT molecular complexity index is 697. The van der Waals surface area contributed by atoms with Crippen LogP contribution < -0.4 is 5.32 Å². The fraction of sp³-hybridized carbons (Fsp3) is 0.231. The van der Waals surface area contributed by atoms with E-state index in [1.165, 1.54) is 18.3 Å². The Morgan fingerprint density at radius 2 is 2.20 bits per heavy atom. The Hall–Kier alpha value is -2.70. The molecule has 0 spiro atoms. The molecule has 7 heteroatoms. The van der Waals surface area contributed by atoms with Gasteiger partial charge < -0.3 is 10.4 Å². The Morgan fingerprint density at radius 3 is 2.80 bits per heavy atom. The molecule has 0 fully saturated rings. The fourth-order valence-corrected chi connectivity index (χ4v) is 1.88. The molecular weight excluding hydrogens is 262 g/mol. The molecule has 0 aliphatic heterocycles. The number of aromatic hydroxyl groups is 1. The van der Waals surface area contributed by atoms with Crippen molar-refractivity contribution in [2.75, 3.05) is 0 Å². The Labute approximate surface area is 114 Å². The zero-order chi connectivity index (χ0) is 14.9. The lowest BCUT2D eigenvalue weighted by molar-refractivity contribution is -0.383. The lowest BCUT2D eigenvalue weighted by Gasteiger charge is -2.11. The first kappa shape index (κ1) is 13.7. The molecule has 2 N–H and O–H groups in total. The van der Waals surface area contributed by atoms with Gasteiger partial charge in [-0.1, -0.05) is 0 Å². The summed E-state index contributed by atoms with van der Waals surface area (Å²) in [6, 6.07) is 3.92. The highest BCUT2D eigenvalue weighted by Crippen LogP contribution is 2.34. The number of nitro groups is 1. The number of nitro benzene ring substituents is 1. The SMILES string of the molecule is CC(C)NC(=O)c1cc([N+](=O)[O-])c2cccnc2c1O. The monoisotopic (exact) mass is 275 g/mol. The van der Waals surface area contributed by atoms with Crippen molar-refractivity contribution in [3.05, 3.63) is 40.1 Å². The average molecular weight is 275 g/mol. The van der Waals surface area contributed by atoms with Gasteiger partial charge in [0.1, 0.15) is 5.52 Å². The van der Waals surface area contributed by atoms with E-state index < -0.39 is 10.8 Å². The van der Waals surface area contributed by atoms with E-state index in [4.69, 9.17) is 0 Å². The molecule has 0 aliphatic carbocycles. The number of aromatic nitrogens is 1. The smallest absolute Gasteiger partial charge is 0.279 e. The van der Waals surface area contributed by atoms with Gasteiger partial charge in [0.2, 0.25) is 0 Å². The highest BCUT2D eigenvalue weighted by atomic mass is 16.6. The quantitative estimate of drug-likeness (QED) is 0.658. The summed E-state index contributed by atoms with van der Waals surface area (Å²) in [6.45, 7) is 3.51. The maximum absolute atomic E-state index is 12.0. The second-order valence-electron chi connectivity index (χ2n) is 4.58. The number of phenolic OH excluding ortho intramolecular Hbond substituents is 1. The van der Waals surface area contributed by atoms with Gasteiger partial charge >= 0.3 is 0 Å². The number of non-ortho nitro benzene ring substituents is 1. The van der Waals surface area contributed by atoms with E-state index >= 15 is 0 Å². The van der Waals surface area contributed by atoms with Crippen LogP contribution in [0.3, 0.4) is 0 Å².